The third-order valence-electron chi connectivity index (χ3n) is 5.98. The number of fused-ring (bicyclic) bond motifs is 3. The Morgan fingerprint density at radius 2 is 1.90 bits per heavy atom. The van der Waals surface area contributed by atoms with Crippen molar-refractivity contribution in [2.45, 2.75) is 32.7 Å². The van der Waals surface area contributed by atoms with Crippen molar-refractivity contribution in [3.8, 4) is 0 Å². The van der Waals surface area contributed by atoms with Gasteiger partial charge >= 0.3 is 0 Å². The standard InChI is InChI=1S/C23H33N7/c1-3-4-7-20-27-21-22(30(20)11-6-5-10-24)18-16-17(8-9-19(18)26-23(21)25)29-14-12-28(2)13-15-29/h5-6,8-9,16H,3-4,7,10-15,24H2,1-2H3,(H2,25,26)/b6-5+. The van der Waals surface area contributed by atoms with Crippen LogP contribution in [0.25, 0.3) is 21.9 Å². The van der Waals surface area contributed by atoms with Crippen LogP contribution in [0, 0.1) is 0 Å². The maximum absolute atomic E-state index is 6.34. The van der Waals surface area contributed by atoms with Crippen molar-refractivity contribution in [1.29, 1.82) is 0 Å². The Labute approximate surface area is 178 Å². The summed E-state index contributed by atoms with van der Waals surface area (Å²) in [6, 6.07) is 6.53. The van der Waals surface area contributed by atoms with Crippen molar-refractivity contribution in [3.63, 3.8) is 0 Å². The molecule has 4 rings (SSSR count). The average Bonchev–Trinajstić information content (AvgIpc) is 3.12. The Bertz CT molecular complexity index is 1040. The minimum absolute atomic E-state index is 0.504. The Balaban J connectivity index is 1.86. The highest BCUT2D eigenvalue weighted by molar-refractivity contribution is 6.07. The second-order valence-corrected chi connectivity index (χ2v) is 8.14. The monoisotopic (exact) mass is 407 g/mol. The van der Waals surface area contributed by atoms with Crippen molar-refractivity contribution in [1.82, 2.24) is 19.4 Å². The summed E-state index contributed by atoms with van der Waals surface area (Å²) in [5, 5.41) is 1.12. The molecule has 160 valence electrons. The van der Waals surface area contributed by atoms with E-state index in [9.17, 15) is 0 Å². The Morgan fingerprint density at radius 1 is 1.10 bits per heavy atom. The van der Waals surface area contributed by atoms with Crippen LogP contribution < -0.4 is 16.4 Å². The number of aryl methyl sites for hydroxylation is 1. The number of aromatic nitrogens is 3. The second kappa shape index (κ2) is 9.02. The molecule has 2 aromatic heterocycles. The van der Waals surface area contributed by atoms with Crippen molar-refractivity contribution in [3.05, 3.63) is 36.2 Å². The number of benzene rings is 1. The number of allylic oxidation sites excluding steroid dienone is 1. The highest BCUT2D eigenvalue weighted by Gasteiger charge is 2.19. The van der Waals surface area contributed by atoms with Crippen LogP contribution in [0.1, 0.15) is 25.6 Å². The SMILES string of the molecule is CCCCc1nc2c(N)nc3ccc(N4CCN(C)CC4)cc3c2n1C/C=C/CN. The van der Waals surface area contributed by atoms with E-state index in [2.05, 4.69) is 57.6 Å². The number of nitrogen functional groups attached to an aromatic ring is 1. The van der Waals surface area contributed by atoms with Crippen LogP contribution in [0.2, 0.25) is 0 Å². The number of rotatable bonds is 7. The molecule has 0 bridgehead atoms. The van der Waals surface area contributed by atoms with Crippen LogP contribution in [-0.2, 0) is 13.0 Å². The van der Waals surface area contributed by atoms with Gasteiger partial charge in [-0.25, -0.2) is 9.97 Å². The molecule has 7 nitrogen and oxygen atoms in total. The minimum Gasteiger partial charge on any atom is -0.382 e. The summed E-state index contributed by atoms with van der Waals surface area (Å²) in [6.45, 7) is 7.71. The van der Waals surface area contributed by atoms with Gasteiger partial charge < -0.3 is 25.8 Å². The fourth-order valence-electron chi connectivity index (χ4n) is 4.20. The zero-order valence-electron chi connectivity index (χ0n) is 18.1. The summed E-state index contributed by atoms with van der Waals surface area (Å²) in [6.07, 6.45) is 7.27. The summed E-state index contributed by atoms with van der Waals surface area (Å²) in [5.41, 5.74) is 16.1. The molecule has 7 heteroatoms. The zero-order valence-corrected chi connectivity index (χ0v) is 18.1. The molecule has 0 radical (unpaired) electrons. The minimum atomic E-state index is 0.504. The number of imidazole rings is 1. The molecule has 0 unspecified atom stereocenters. The van der Waals surface area contributed by atoms with Crippen molar-refractivity contribution < 1.29 is 0 Å². The van der Waals surface area contributed by atoms with Gasteiger partial charge in [-0.3, -0.25) is 0 Å². The van der Waals surface area contributed by atoms with E-state index < -0.39 is 0 Å². The molecule has 0 aliphatic carbocycles. The molecule has 3 aromatic rings. The maximum Gasteiger partial charge on any atom is 0.152 e. The molecule has 0 atom stereocenters. The molecule has 1 saturated heterocycles. The number of hydrogen-bond donors (Lipinski definition) is 2. The van der Waals surface area contributed by atoms with Gasteiger partial charge in [0.1, 0.15) is 11.3 Å². The third kappa shape index (κ3) is 4.00. The summed E-state index contributed by atoms with van der Waals surface area (Å²) in [7, 11) is 2.18. The van der Waals surface area contributed by atoms with Gasteiger partial charge in [-0.15, -0.1) is 0 Å². The van der Waals surface area contributed by atoms with E-state index in [1.807, 2.05) is 6.08 Å². The van der Waals surface area contributed by atoms with Crippen LogP contribution in [0.4, 0.5) is 11.5 Å². The normalized spacial score (nSPS) is 15.8. The van der Waals surface area contributed by atoms with Crippen LogP contribution in [0.15, 0.2) is 30.4 Å². The molecule has 1 aromatic carbocycles. The highest BCUT2D eigenvalue weighted by atomic mass is 15.2. The van der Waals surface area contributed by atoms with Crippen molar-refractivity contribution >= 4 is 33.4 Å². The van der Waals surface area contributed by atoms with Gasteiger partial charge in [0.05, 0.1) is 11.0 Å². The molecule has 0 amide bonds. The van der Waals surface area contributed by atoms with E-state index in [-0.39, 0.29) is 0 Å². The first-order valence-corrected chi connectivity index (χ1v) is 11.0. The van der Waals surface area contributed by atoms with Crippen LogP contribution >= 0.6 is 0 Å². The molecule has 30 heavy (non-hydrogen) atoms. The number of hydrogen-bond acceptors (Lipinski definition) is 6. The first-order chi connectivity index (χ1) is 14.6. The van der Waals surface area contributed by atoms with E-state index in [0.29, 0.717) is 12.4 Å². The van der Waals surface area contributed by atoms with Crippen LogP contribution in [0.5, 0.6) is 0 Å². The summed E-state index contributed by atoms with van der Waals surface area (Å²) in [5.74, 6) is 1.57. The lowest BCUT2D eigenvalue weighted by atomic mass is 10.1. The second-order valence-electron chi connectivity index (χ2n) is 8.14. The largest absolute Gasteiger partial charge is 0.382 e. The maximum atomic E-state index is 6.34. The topological polar surface area (TPSA) is 89.2 Å². The van der Waals surface area contributed by atoms with Crippen LogP contribution in [-0.4, -0.2) is 59.2 Å². The van der Waals surface area contributed by atoms with E-state index in [1.54, 1.807) is 0 Å². The van der Waals surface area contributed by atoms with Gasteiger partial charge in [0, 0.05) is 56.8 Å². The predicted molar refractivity (Wildman–Crippen MR) is 126 cm³/mol. The Kier molecular flexibility index (Phi) is 6.20. The van der Waals surface area contributed by atoms with Gasteiger partial charge in [-0.1, -0.05) is 25.5 Å². The summed E-state index contributed by atoms with van der Waals surface area (Å²) >= 11 is 0. The van der Waals surface area contributed by atoms with Crippen molar-refractivity contribution in [2.24, 2.45) is 5.73 Å². The van der Waals surface area contributed by atoms with Crippen LogP contribution in [0.3, 0.4) is 0 Å². The number of nitrogens with zero attached hydrogens (tertiary/aromatic N) is 5. The molecule has 3 heterocycles. The Hall–Kier alpha value is -2.64. The molecule has 1 aliphatic heterocycles. The van der Waals surface area contributed by atoms with E-state index in [4.69, 9.17) is 16.5 Å². The van der Waals surface area contributed by atoms with E-state index in [0.717, 1.165) is 79.7 Å². The van der Waals surface area contributed by atoms with Gasteiger partial charge in [0.25, 0.3) is 0 Å². The number of pyridine rings is 1. The molecule has 1 aliphatic rings. The molecular formula is C23H33N7. The van der Waals surface area contributed by atoms with E-state index in [1.165, 1.54) is 5.69 Å². The number of piperazine rings is 1. The highest BCUT2D eigenvalue weighted by Crippen LogP contribution is 2.32. The zero-order chi connectivity index (χ0) is 21.1. The lowest BCUT2D eigenvalue weighted by Gasteiger charge is -2.34. The summed E-state index contributed by atoms with van der Waals surface area (Å²) < 4.78 is 2.30. The number of anilines is 2. The fourth-order valence-corrected chi connectivity index (χ4v) is 4.20. The lowest BCUT2D eigenvalue weighted by Crippen LogP contribution is -2.44. The molecular weight excluding hydrogens is 374 g/mol. The number of nitrogens with two attached hydrogens (primary N) is 2. The average molecular weight is 408 g/mol. The van der Waals surface area contributed by atoms with Gasteiger partial charge in [0.2, 0.25) is 0 Å². The Morgan fingerprint density at radius 3 is 2.63 bits per heavy atom. The van der Waals surface area contributed by atoms with Crippen molar-refractivity contribution in [2.75, 3.05) is 50.4 Å². The van der Waals surface area contributed by atoms with E-state index >= 15 is 0 Å². The smallest absolute Gasteiger partial charge is 0.152 e. The third-order valence-corrected chi connectivity index (χ3v) is 5.98. The van der Waals surface area contributed by atoms with Gasteiger partial charge in [0.15, 0.2) is 5.82 Å². The molecule has 0 saturated carbocycles. The lowest BCUT2D eigenvalue weighted by molar-refractivity contribution is 0.313. The first kappa shape index (κ1) is 20.6. The quantitative estimate of drug-likeness (QED) is 0.586. The fraction of sp³-hybridized carbons (Fsp3) is 0.478. The predicted octanol–water partition coefficient (Wildman–Crippen LogP) is 2.78. The number of unbranched alkanes of at least 4 members (excludes halogenated alkanes) is 1. The molecule has 1 fully saturated rings. The molecule has 4 N–H and O–H groups in total. The first-order valence-electron chi connectivity index (χ1n) is 11.0. The van der Waals surface area contributed by atoms with Gasteiger partial charge in [-0.05, 0) is 31.7 Å². The summed E-state index contributed by atoms with van der Waals surface area (Å²) in [4.78, 5) is 14.4. The number of likely N-dealkylation sites (N-methyl/N-ethyl adjacent to an activating group) is 1. The molecule has 0 spiro atoms. The van der Waals surface area contributed by atoms with Gasteiger partial charge in [-0.2, -0.15) is 0 Å².